The van der Waals surface area contributed by atoms with Crippen molar-refractivity contribution in [1.82, 2.24) is 4.90 Å². The summed E-state index contributed by atoms with van der Waals surface area (Å²) in [6.45, 7) is 7.25. The first kappa shape index (κ1) is 20.9. The average Bonchev–Trinajstić information content (AvgIpc) is 2.69. The van der Waals surface area contributed by atoms with Crippen molar-refractivity contribution in [3.63, 3.8) is 0 Å². The molecular formula is C24H30N2O3. The van der Waals surface area contributed by atoms with Crippen LogP contribution >= 0.6 is 0 Å². The maximum absolute atomic E-state index is 12.6. The number of nitrogens with zero attached hydrogens (tertiary/aromatic N) is 1. The molecule has 1 fully saturated rings. The van der Waals surface area contributed by atoms with Gasteiger partial charge in [-0.05, 0) is 63.4 Å². The molecule has 0 atom stereocenters. The van der Waals surface area contributed by atoms with E-state index in [-0.39, 0.29) is 23.8 Å². The van der Waals surface area contributed by atoms with Crippen LogP contribution in [0.4, 0.5) is 5.69 Å². The number of nitrogens with one attached hydrogen (secondary N) is 1. The molecule has 0 spiro atoms. The average molecular weight is 395 g/mol. The van der Waals surface area contributed by atoms with Crippen LogP contribution in [0.15, 0.2) is 48.5 Å². The van der Waals surface area contributed by atoms with Gasteiger partial charge in [-0.2, -0.15) is 0 Å². The monoisotopic (exact) mass is 394 g/mol. The van der Waals surface area contributed by atoms with E-state index in [0.29, 0.717) is 32.4 Å². The van der Waals surface area contributed by atoms with E-state index in [1.807, 2.05) is 68.1 Å². The fourth-order valence-corrected chi connectivity index (χ4v) is 3.63. The number of aryl methyl sites for hydroxylation is 1. The van der Waals surface area contributed by atoms with Crippen molar-refractivity contribution in [3.05, 3.63) is 59.7 Å². The lowest BCUT2D eigenvalue weighted by Crippen LogP contribution is -2.42. The van der Waals surface area contributed by atoms with Crippen molar-refractivity contribution in [2.45, 2.75) is 46.1 Å². The Labute approximate surface area is 173 Å². The maximum atomic E-state index is 12.6. The Balaban J connectivity index is 1.47. The summed E-state index contributed by atoms with van der Waals surface area (Å²) in [5.74, 6) is 0.881. The maximum Gasteiger partial charge on any atom is 0.227 e. The second kappa shape index (κ2) is 9.59. The van der Waals surface area contributed by atoms with Crippen molar-refractivity contribution in [3.8, 4) is 5.75 Å². The molecule has 0 aromatic heterocycles. The van der Waals surface area contributed by atoms with Gasteiger partial charge in [-0.3, -0.25) is 9.59 Å². The lowest BCUT2D eigenvalue weighted by molar-refractivity contribution is -0.133. The van der Waals surface area contributed by atoms with Gasteiger partial charge in [-0.15, -0.1) is 0 Å². The van der Waals surface area contributed by atoms with Crippen molar-refractivity contribution in [2.24, 2.45) is 5.92 Å². The standard InChI is InChI=1S/C24H30N2O3/c1-17(2)29-22-9-7-21(8-10-22)25-24(28)20-11-13-26(14-12-20)23(27)16-19-6-4-5-18(3)15-19/h4-10,15,17,20H,11-14,16H2,1-3H3,(H,25,28). The first-order valence-electron chi connectivity index (χ1n) is 10.3. The molecule has 154 valence electrons. The predicted molar refractivity (Wildman–Crippen MR) is 115 cm³/mol. The van der Waals surface area contributed by atoms with E-state index in [4.69, 9.17) is 4.74 Å². The van der Waals surface area contributed by atoms with Crippen molar-refractivity contribution in [2.75, 3.05) is 18.4 Å². The van der Waals surface area contributed by atoms with E-state index >= 15 is 0 Å². The molecule has 1 heterocycles. The highest BCUT2D eigenvalue weighted by Crippen LogP contribution is 2.22. The van der Waals surface area contributed by atoms with Crippen LogP contribution in [0.5, 0.6) is 5.75 Å². The van der Waals surface area contributed by atoms with Crippen LogP contribution in [-0.2, 0) is 16.0 Å². The number of benzene rings is 2. The van der Waals surface area contributed by atoms with Crippen molar-refractivity contribution >= 4 is 17.5 Å². The molecule has 0 unspecified atom stereocenters. The van der Waals surface area contributed by atoms with Crippen molar-refractivity contribution < 1.29 is 14.3 Å². The van der Waals surface area contributed by atoms with Gasteiger partial charge in [0.15, 0.2) is 0 Å². The number of piperidine rings is 1. The number of carbonyl (C=O) groups excluding carboxylic acids is 2. The van der Waals surface area contributed by atoms with Gasteiger partial charge in [0, 0.05) is 24.7 Å². The quantitative estimate of drug-likeness (QED) is 0.799. The largest absolute Gasteiger partial charge is 0.491 e. The Hall–Kier alpha value is -2.82. The zero-order chi connectivity index (χ0) is 20.8. The molecule has 3 rings (SSSR count). The molecule has 1 N–H and O–H groups in total. The Bertz CT molecular complexity index is 837. The SMILES string of the molecule is Cc1cccc(CC(=O)N2CCC(C(=O)Nc3ccc(OC(C)C)cc3)CC2)c1. The fourth-order valence-electron chi connectivity index (χ4n) is 3.63. The van der Waals surface area contributed by atoms with Gasteiger partial charge in [0.25, 0.3) is 0 Å². The molecule has 0 bridgehead atoms. The highest BCUT2D eigenvalue weighted by Gasteiger charge is 2.27. The molecule has 0 aliphatic carbocycles. The summed E-state index contributed by atoms with van der Waals surface area (Å²) in [6, 6.07) is 15.5. The number of ether oxygens (including phenoxy) is 1. The van der Waals surface area contributed by atoms with Crippen LogP contribution < -0.4 is 10.1 Å². The highest BCUT2D eigenvalue weighted by molar-refractivity contribution is 5.92. The molecular weight excluding hydrogens is 364 g/mol. The second-order valence-electron chi connectivity index (χ2n) is 8.00. The summed E-state index contributed by atoms with van der Waals surface area (Å²) in [5.41, 5.74) is 2.97. The van der Waals surface area contributed by atoms with Gasteiger partial charge >= 0.3 is 0 Å². The summed E-state index contributed by atoms with van der Waals surface area (Å²) >= 11 is 0. The molecule has 0 radical (unpaired) electrons. The van der Waals surface area contributed by atoms with Crippen LogP contribution in [0.25, 0.3) is 0 Å². The normalized spacial score (nSPS) is 14.7. The van der Waals surface area contributed by atoms with Crippen LogP contribution in [0.2, 0.25) is 0 Å². The first-order chi connectivity index (χ1) is 13.9. The molecule has 5 heteroatoms. The number of carbonyl (C=O) groups is 2. The number of hydrogen-bond acceptors (Lipinski definition) is 3. The molecule has 1 saturated heterocycles. The summed E-state index contributed by atoms with van der Waals surface area (Å²) < 4.78 is 5.62. The Morgan fingerprint density at radius 2 is 1.79 bits per heavy atom. The highest BCUT2D eigenvalue weighted by atomic mass is 16.5. The van der Waals surface area contributed by atoms with Gasteiger partial charge < -0.3 is 15.0 Å². The van der Waals surface area contributed by atoms with E-state index in [1.54, 1.807) is 0 Å². The summed E-state index contributed by atoms with van der Waals surface area (Å²) in [4.78, 5) is 27.0. The third-order valence-corrected chi connectivity index (χ3v) is 5.15. The minimum atomic E-state index is -0.0652. The van der Waals surface area contributed by atoms with Gasteiger partial charge in [-0.1, -0.05) is 29.8 Å². The fraction of sp³-hybridized carbons (Fsp3) is 0.417. The number of likely N-dealkylation sites (tertiary alicyclic amines) is 1. The smallest absolute Gasteiger partial charge is 0.227 e. The molecule has 29 heavy (non-hydrogen) atoms. The van der Waals surface area contributed by atoms with E-state index < -0.39 is 0 Å². The third kappa shape index (κ3) is 6.08. The summed E-state index contributed by atoms with van der Waals surface area (Å²) in [6.07, 6.45) is 1.93. The Kier molecular flexibility index (Phi) is 6.91. The van der Waals surface area contributed by atoms with Gasteiger partial charge in [0.2, 0.25) is 11.8 Å². The first-order valence-corrected chi connectivity index (χ1v) is 10.3. The van der Waals surface area contributed by atoms with Gasteiger partial charge in [0.1, 0.15) is 5.75 Å². The zero-order valence-corrected chi connectivity index (χ0v) is 17.5. The van der Waals surface area contributed by atoms with E-state index in [2.05, 4.69) is 11.4 Å². The van der Waals surface area contributed by atoms with Crippen LogP contribution in [0, 0.1) is 12.8 Å². The predicted octanol–water partition coefficient (Wildman–Crippen LogP) is 4.20. The van der Waals surface area contributed by atoms with E-state index in [0.717, 1.165) is 22.6 Å². The lowest BCUT2D eigenvalue weighted by atomic mass is 9.95. The summed E-state index contributed by atoms with van der Waals surface area (Å²) in [5, 5.41) is 2.98. The molecule has 0 saturated carbocycles. The number of anilines is 1. The second-order valence-corrected chi connectivity index (χ2v) is 8.00. The molecule has 1 aliphatic rings. The topological polar surface area (TPSA) is 58.6 Å². The molecule has 2 aromatic carbocycles. The van der Waals surface area contributed by atoms with Crippen LogP contribution in [-0.4, -0.2) is 35.9 Å². The molecule has 5 nitrogen and oxygen atoms in total. The van der Waals surface area contributed by atoms with Crippen LogP contribution in [0.1, 0.15) is 37.8 Å². The minimum absolute atomic E-state index is 0.0216. The molecule has 1 aliphatic heterocycles. The number of amides is 2. The minimum Gasteiger partial charge on any atom is -0.491 e. The van der Waals surface area contributed by atoms with Gasteiger partial charge in [0.05, 0.1) is 12.5 Å². The van der Waals surface area contributed by atoms with E-state index in [9.17, 15) is 9.59 Å². The van der Waals surface area contributed by atoms with E-state index in [1.165, 1.54) is 0 Å². The van der Waals surface area contributed by atoms with Crippen molar-refractivity contribution in [1.29, 1.82) is 0 Å². The van der Waals surface area contributed by atoms with Gasteiger partial charge in [-0.25, -0.2) is 0 Å². The third-order valence-electron chi connectivity index (χ3n) is 5.15. The van der Waals surface area contributed by atoms with Crippen LogP contribution in [0.3, 0.4) is 0 Å². The lowest BCUT2D eigenvalue weighted by Gasteiger charge is -2.31. The number of hydrogen-bond donors (Lipinski definition) is 1. The zero-order valence-electron chi connectivity index (χ0n) is 17.5. The molecule has 2 aromatic rings. The Morgan fingerprint density at radius 1 is 1.10 bits per heavy atom. The summed E-state index contributed by atoms with van der Waals surface area (Å²) in [7, 11) is 0. The number of rotatable bonds is 6. The Morgan fingerprint density at radius 3 is 2.41 bits per heavy atom. The molecule has 2 amide bonds.